The quantitative estimate of drug-likeness (QED) is 0.471. The van der Waals surface area contributed by atoms with Crippen LogP contribution in [-0.2, 0) is 16.1 Å². The normalized spacial score (nSPS) is 13.6. The molecule has 3 aromatic rings. The number of carbonyl (C=O) groups excluding carboxylic acids is 2. The third kappa shape index (κ3) is 4.98. The first-order valence-corrected chi connectivity index (χ1v) is 11.2. The van der Waals surface area contributed by atoms with Crippen molar-refractivity contribution in [2.24, 2.45) is 0 Å². The molecular formula is C28H28N2O3. The Morgan fingerprint density at radius 3 is 2.24 bits per heavy atom. The van der Waals surface area contributed by atoms with E-state index in [1.807, 2.05) is 93.6 Å². The van der Waals surface area contributed by atoms with Gasteiger partial charge in [-0.15, -0.1) is 0 Å². The molecule has 5 heteroatoms. The van der Waals surface area contributed by atoms with Gasteiger partial charge in [-0.05, 0) is 61.2 Å². The summed E-state index contributed by atoms with van der Waals surface area (Å²) in [5, 5.41) is 3.22. The van der Waals surface area contributed by atoms with Crippen molar-refractivity contribution in [3.8, 4) is 5.75 Å². The Morgan fingerprint density at radius 1 is 0.848 bits per heavy atom. The van der Waals surface area contributed by atoms with Gasteiger partial charge in [0.1, 0.15) is 11.4 Å². The summed E-state index contributed by atoms with van der Waals surface area (Å²) in [5.41, 5.74) is 5.21. The summed E-state index contributed by atoms with van der Waals surface area (Å²) in [5.74, 6) is 0.101. The van der Waals surface area contributed by atoms with Gasteiger partial charge in [-0.3, -0.25) is 14.5 Å². The molecule has 0 saturated heterocycles. The Balaban J connectivity index is 1.69. The number of hydrogen-bond donors (Lipinski definition) is 1. The van der Waals surface area contributed by atoms with Crippen LogP contribution in [0.4, 0.5) is 5.69 Å². The van der Waals surface area contributed by atoms with Crippen LogP contribution in [0.3, 0.4) is 0 Å². The van der Waals surface area contributed by atoms with Crippen LogP contribution in [0, 0.1) is 13.8 Å². The van der Waals surface area contributed by atoms with Crippen molar-refractivity contribution in [3.63, 3.8) is 0 Å². The molecule has 4 rings (SSSR count). The highest BCUT2D eigenvalue weighted by Crippen LogP contribution is 2.32. The number of carbonyl (C=O) groups is 2. The number of imide groups is 1. The second-order valence-electron chi connectivity index (χ2n) is 8.30. The van der Waals surface area contributed by atoms with Gasteiger partial charge in [0, 0.05) is 5.69 Å². The maximum absolute atomic E-state index is 13.5. The van der Waals surface area contributed by atoms with Gasteiger partial charge in [-0.1, -0.05) is 61.0 Å². The molecule has 1 heterocycles. The van der Waals surface area contributed by atoms with Crippen LogP contribution in [0.25, 0.3) is 5.57 Å². The van der Waals surface area contributed by atoms with Gasteiger partial charge in [0.25, 0.3) is 11.8 Å². The maximum atomic E-state index is 13.5. The molecule has 0 aromatic heterocycles. The molecule has 5 nitrogen and oxygen atoms in total. The minimum atomic E-state index is -0.330. The minimum absolute atomic E-state index is 0.220. The highest BCUT2D eigenvalue weighted by atomic mass is 16.5. The Labute approximate surface area is 194 Å². The van der Waals surface area contributed by atoms with Gasteiger partial charge < -0.3 is 10.1 Å². The summed E-state index contributed by atoms with van der Waals surface area (Å²) in [4.78, 5) is 28.2. The average molecular weight is 441 g/mol. The highest BCUT2D eigenvalue weighted by molar-refractivity contribution is 6.36. The van der Waals surface area contributed by atoms with Crippen molar-refractivity contribution in [2.75, 3.05) is 11.9 Å². The third-order valence-electron chi connectivity index (χ3n) is 5.53. The first kappa shape index (κ1) is 22.3. The smallest absolute Gasteiger partial charge is 0.278 e. The second-order valence-corrected chi connectivity index (χ2v) is 8.30. The van der Waals surface area contributed by atoms with E-state index in [-0.39, 0.29) is 18.4 Å². The van der Waals surface area contributed by atoms with Crippen LogP contribution in [0.1, 0.15) is 35.6 Å². The molecule has 1 aliphatic rings. The van der Waals surface area contributed by atoms with E-state index in [1.165, 1.54) is 4.90 Å². The van der Waals surface area contributed by atoms with Crippen LogP contribution in [0.2, 0.25) is 0 Å². The predicted molar refractivity (Wildman–Crippen MR) is 131 cm³/mol. The predicted octanol–water partition coefficient (Wildman–Crippen LogP) is 5.48. The molecule has 0 radical (unpaired) electrons. The first-order valence-electron chi connectivity index (χ1n) is 11.2. The monoisotopic (exact) mass is 440 g/mol. The molecule has 0 aliphatic carbocycles. The molecular weight excluding hydrogens is 412 g/mol. The van der Waals surface area contributed by atoms with E-state index in [1.54, 1.807) is 0 Å². The van der Waals surface area contributed by atoms with E-state index >= 15 is 0 Å². The van der Waals surface area contributed by atoms with Crippen LogP contribution in [0.5, 0.6) is 5.75 Å². The van der Waals surface area contributed by atoms with Crippen molar-refractivity contribution in [1.29, 1.82) is 0 Å². The van der Waals surface area contributed by atoms with Gasteiger partial charge in [-0.25, -0.2) is 0 Å². The molecule has 0 unspecified atom stereocenters. The largest absolute Gasteiger partial charge is 0.494 e. The van der Waals surface area contributed by atoms with Gasteiger partial charge in [-0.2, -0.15) is 0 Å². The average Bonchev–Trinajstić information content (AvgIpc) is 3.03. The summed E-state index contributed by atoms with van der Waals surface area (Å²) in [6, 6.07) is 22.9. The lowest BCUT2D eigenvalue weighted by Crippen LogP contribution is -2.32. The number of ether oxygens (including phenoxy) is 1. The summed E-state index contributed by atoms with van der Waals surface area (Å²) in [7, 11) is 0. The molecule has 3 aromatic carbocycles. The summed E-state index contributed by atoms with van der Waals surface area (Å²) in [6.45, 7) is 6.89. The van der Waals surface area contributed by atoms with E-state index in [9.17, 15) is 9.59 Å². The van der Waals surface area contributed by atoms with Gasteiger partial charge >= 0.3 is 0 Å². The van der Waals surface area contributed by atoms with Crippen molar-refractivity contribution >= 4 is 23.1 Å². The molecule has 0 fully saturated rings. The Kier molecular flexibility index (Phi) is 6.59. The van der Waals surface area contributed by atoms with E-state index < -0.39 is 0 Å². The number of amides is 2. The lowest BCUT2D eigenvalue weighted by atomic mass is 10.0. The number of rotatable bonds is 8. The van der Waals surface area contributed by atoms with Crippen LogP contribution in [-0.4, -0.2) is 23.3 Å². The van der Waals surface area contributed by atoms with Gasteiger partial charge in [0.15, 0.2) is 0 Å². The lowest BCUT2D eigenvalue weighted by Gasteiger charge is -2.15. The van der Waals surface area contributed by atoms with Gasteiger partial charge in [0.2, 0.25) is 0 Å². The number of nitrogens with zero attached hydrogens (tertiary/aromatic N) is 1. The van der Waals surface area contributed by atoms with Crippen molar-refractivity contribution in [3.05, 3.63) is 101 Å². The number of aryl methyl sites for hydroxylation is 2. The fourth-order valence-corrected chi connectivity index (χ4v) is 3.78. The summed E-state index contributed by atoms with van der Waals surface area (Å²) >= 11 is 0. The molecule has 168 valence electrons. The maximum Gasteiger partial charge on any atom is 0.278 e. The summed E-state index contributed by atoms with van der Waals surface area (Å²) < 4.78 is 5.67. The van der Waals surface area contributed by atoms with Crippen molar-refractivity contribution in [1.82, 2.24) is 4.90 Å². The molecule has 0 spiro atoms. The van der Waals surface area contributed by atoms with E-state index in [2.05, 4.69) is 5.32 Å². The first-order chi connectivity index (χ1) is 16.0. The fraction of sp³-hybridized carbons (Fsp3) is 0.214. The topological polar surface area (TPSA) is 58.6 Å². The number of hydrogen-bond acceptors (Lipinski definition) is 4. The SMILES string of the molecule is CCCOc1ccc(C2=C(Nc3cccc(C)c3)C(=O)N(Cc3ccc(C)cc3)C2=O)cc1. The Hall–Kier alpha value is -3.86. The Morgan fingerprint density at radius 2 is 1.58 bits per heavy atom. The zero-order valence-electron chi connectivity index (χ0n) is 19.2. The summed E-state index contributed by atoms with van der Waals surface area (Å²) in [6.07, 6.45) is 0.915. The Bertz CT molecular complexity index is 1190. The number of anilines is 1. The van der Waals surface area contributed by atoms with E-state index in [0.29, 0.717) is 23.4 Å². The third-order valence-corrected chi connectivity index (χ3v) is 5.53. The van der Waals surface area contributed by atoms with E-state index in [4.69, 9.17) is 4.74 Å². The van der Waals surface area contributed by atoms with Crippen LogP contribution < -0.4 is 10.1 Å². The van der Waals surface area contributed by atoms with Crippen molar-refractivity contribution < 1.29 is 14.3 Å². The van der Waals surface area contributed by atoms with Crippen LogP contribution >= 0.6 is 0 Å². The minimum Gasteiger partial charge on any atom is -0.494 e. The fourth-order valence-electron chi connectivity index (χ4n) is 3.78. The number of benzene rings is 3. The zero-order valence-corrected chi connectivity index (χ0v) is 19.2. The van der Waals surface area contributed by atoms with Gasteiger partial charge in [0.05, 0.1) is 18.7 Å². The zero-order chi connectivity index (χ0) is 23.4. The van der Waals surface area contributed by atoms with Crippen LogP contribution in [0.15, 0.2) is 78.5 Å². The highest BCUT2D eigenvalue weighted by Gasteiger charge is 2.39. The van der Waals surface area contributed by atoms with Crippen molar-refractivity contribution in [2.45, 2.75) is 33.7 Å². The number of nitrogens with one attached hydrogen (secondary N) is 1. The molecule has 1 aliphatic heterocycles. The molecule has 33 heavy (non-hydrogen) atoms. The van der Waals surface area contributed by atoms with E-state index in [0.717, 1.165) is 34.5 Å². The standard InChI is InChI=1S/C28H28N2O3/c1-4-16-33-24-14-12-22(13-15-24)25-26(29-23-7-5-6-20(3)17-23)28(32)30(27(25)31)18-21-10-8-19(2)9-11-21/h5-15,17,29H,4,16,18H2,1-3H3. The lowest BCUT2D eigenvalue weighted by molar-refractivity contribution is -0.137. The molecule has 2 amide bonds. The molecule has 0 atom stereocenters. The molecule has 0 bridgehead atoms. The molecule has 1 N–H and O–H groups in total. The molecule has 0 saturated carbocycles. The second kappa shape index (κ2) is 9.74.